The quantitative estimate of drug-likeness (QED) is 0.395. The molecule has 0 aromatic heterocycles. The molecule has 0 aliphatic carbocycles. The van der Waals surface area contributed by atoms with E-state index in [0.29, 0.717) is 6.54 Å². The minimum atomic E-state index is -0.450. The van der Waals surface area contributed by atoms with Crippen LogP contribution in [0.2, 0.25) is 0 Å². The molecule has 0 aromatic carbocycles. The first-order valence-electron chi connectivity index (χ1n) is 3.45. The molecule has 0 spiro atoms. The smallest absolute Gasteiger partial charge is 0.260 e. The molecular weight excluding hydrogens is 164 g/mol. The second-order valence-corrected chi connectivity index (χ2v) is 3.76. The number of nitrogens with one attached hydrogen (secondary N) is 2. The number of hydrogen-bond donors (Lipinski definition) is 3. The Morgan fingerprint density at radius 1 is 1.82 bits per heavy atom. The molecule has 0 aromatic rings. The summed E-state index contributed by atoms with van der Waals surface area (Å²) >= 11 is 1.48. The molecule has 64 valence electrons. The molecule has 1 aliphatic rings. The summed E-state index contributed by atoms with van der Waals surface area (Å²) in [6.45, 7) is 1.48. The molecule has 4 nitrogen and oxygen atoms in total. The zero-order valence-electron chi connectivity index (χ0n) is 6.39. The third-order valence-electron chi connectivity index (χ3n) is 2.02. The maximum Gasteiger partial charge on any atom is 0.260 e. The van der Waals surface area contributed by atoms with Gasteiger partial charge in [0.2, 0.25) is 0 Å². The number of thioether (sulfide) groups is 1. The van der Waals surface area contributed by atoms with Gasteiger partial charge < -0.3 is 5.32 Å². The first kappa shape index (κ1) is 8.83. The van der Waals surface area contributed by atoms with Crippen molar-refractivity contribution in [1.29, 1.82) is 0 Å². The van der Waals surface area contributed by atoms with E-state index in [1.807, 2.05) is 6.26 Å². The molecule has 0 saturated carbocycles. The topological polar surface area (TPSA) is 61.4 Å². The van der Waals surface area contributed by atoms with Crippen molar-refractivity contribution in [3.63, 3.8) is 0 Å². The van der Waals surface area contributed by atoms with Crippen molar-refractivity contribution in [3.8, 4) is 0 Å². The zero-order valence-corrected chi connectivity index (χ0v) is 7.20. The molecular formula is C6H12N2O2S. The van der Waals surface area contributed by atoms with Crippen molar-refractivity contribution in [2.24, 2.45) is 0 Å². The van der Waals surface area contributed by atoms with E-state index in [2.05, 4.69) is 5.32 Å². The molecule has 0 radical (unpaired) electrons. The van der Waals surface area contributed by atoms with Gasteiger partial charge in [-0.05, 0) is 19.2 Å². The highest BCUT2D eigenvalue weighted by Crippen LogP contribution is 2.29. The van der Waals surface area contributed by atoms with Crippen LogP contribution in [0.5, 0.6) is 0 Å². The van der Waals surface area contributed by atoms with Gasteiger partial charge in [0, 0.05) is 6.54 Å². The van der Waals surface area contributed by atoms with Gasteiger partial charge in [0.25, 0.3) is 5.91 Å². The van der Waals surface area contributed by atoms with Crippen LogP contribution in [0.3, 0.4) is 0 Å². The van der Waals surface area contributed by atoms with E-state index in [1.54, 1.807) is 5.48 Å². The van der Waals surface area contributed by atoms with Crippen LogP contribution in [0, 0.1) is 0 Å². The normalized spacial score (nSPS) is 30.4. The van der Waals surface area contributed by atoms with Gasteiger partial charge in [-0.2, -0.15) is 0 Å². The zero-order chi connectivity index (χ0) is 8.32. The van der Waals surface area contributed by atoms with Crippen LogP contribution in [0.15, 0.2) is 0 Å². The number of rotatable bonds is 2. The number of carbonyl (C=O) groups is 1. The molecule has 1 atom stereocenters. The molecule has 1 aliphatic heterocycles. The average Bonchev–Trinajstić information content (AvgIpc) is 2.52. The lowest BCUT2D eigenvalue weighted by molar-refractivity contribution is -0.131. The lowest BCUT2D eigenvalue weighted by Crippen LogP contribution is -2.44. The summed E-state index contributed by atoms with van der Waals surface area (Å²) < 4.78 is -0.450. The molecule has 0 bridgehead atoms. The highest BCUT2D eigenvalue weighted by atomic mass is 32.2. The minimum Gasteiger partial charge on any atom is -0.315 e. The molecule has 1 unspecified atom stereocenters. The summed E-state index contributed by atoms with van der Waals surface area (Å²) in [4.78, 5) is 11.1. The lowest BCUT2D eigenvalue weighted by atomic mass is 10.1. The second-order valence-electron chi connectivity index (χ2n) is 2.57. The molecule has 3 N–H and O–H groups in total. The average molecular weight is 176 g/mol. The third-order valence-corrected chi connectivity index (χ3v) is 3.34. The van der Waals surface area contributed by atoms with Crippen molar-refractivity contribution in [2.45, 2.75) is 11.2 Å². The fourth-order valence-corrected chi connectivity index (χ4v) is 2.02. The van der Waals surface area contributed by atoms with Crippen LogP contribution in [-0.4, -0.2) is 35.2 Å². The maximum atomic E-state index is 11.1. The summed E-state index contributed by atoms with van der Waals surface area (Å²) in [6, 6.07) is 0. The van der Waals surface area contributed by atoms with Gasteiger partial charge in [0.05, 0.1) is 0 Å². The van der Waals surface area contributed by atoms with Gasteiger partial charge in [0.1, 0.15) is 4.75 Å². The highest BCUT2D eigenvalue weighted by molar-refractivity contribution is 8.00. The lowest BCUT2D eigenvalue weighted by Gasteiger charge is -2.22. The van der Waals surface area contributed by atoms with Gasteiger partial charge in [-0.25, -0.2) is 5.48 Å². The van der Waals surface area contributed by atoms with Crippen molar-refractivity contribution in [3.05, 3.63) is 0 Å². The molecule has 1 heterocycles. The Bertz CT molecular complexity index is 157. The molecule has 1 amide bonds. The Morgan fingerprint density at radius 2 is 2.55 bits per heavy atom. The molecule has 1 saturated heterocycles. The number of carbonyl (C=O) groups excluding carboxylic acids is 1. The fraction of sp³-hybridized carbons (Fsp3) is 0.833. The standard InChI is InChI=1S/C6H12N2O2S/c1-11-6(5(9)8-10)2-3-7-4-6/h7,10H,2-4H2,1H3,(H,8,9). The van der Waals surface area contributed by atoms with Crippen LogP contribution in [0.4, 0.5) is 0 Å². The summed E-state index contributed by atoms with van der Waals surface area (Å²) in [5.41, 5.74) is 1.70. The summed E-state index contributed by atoms with van der Waals surface area (Å²) in [7, 11) is 0. The second kappa shape index (κ2) is 3.42. The summed E-state index contributed by atoms with van der Waals surface area (Å²) in [6.07, 6.45) is 2.66. The van der Waals surface area contributed by atoms with E-state index < -0.39 is 4.75 Å². The van der Waals surface area contributed by atoms with E-state index in [4.69, 9.17) is 5.21 Å². The van der Waals surface area contributed by atoms with Gasteiger partial charge in [-0.3, -0.25) is 10.0 Å². The molecule has 5 heteroatoms. The Hall–Kier alpha value is -0.260. The van der Waals surface area contributed by atoms with E-state index in [0.717, 1.165) is 13.0 Å². The predicted molar refractivity (Wildman–Crippen MR) is 43.7 cm³/mol. The Balaban J connectivity index is 2.66. The van der Waals surface area contributed by atoms with Gasteiger partial charge in [-0.1, -0.05) is 0 Å². The van der Waals surface area contributed by atoms with E-state index in [1.165, 1.54) is 11.8 Å². The van der Waals surface area contributed by atoms with Crippen molar-refractivity contribution >= 4 is 17.7 Å². The molecule has 1 rings (SSSR count). The Morgan fingerprint density at radius 3 is 2.91 bits per heavy atom. The maximum absolute atomic E-state index is 11.1. The van der Waals surface area contributed by atoms with E-state index in [-0.39, 0.29) is 5.91 Å². The predicted octanol–water partition coefficient (Wildman–Crippen LogP) is -0.413. The SMILES string of the molecule is CSC1(C(=O)NO)CCNC1. The van der Waals surface area contributed by atoms with E-state index >= 15 is 0 Å². The largest absolute Gasteiger partial charge is 0.315 e. The summed E-state index contributed by atoms with van der Waals surface area (Å²) in [5.74, 6) is -0.296. The van der Waals surface area contributed by atoms with Crippen LogP contribution in [-0.2, 0) is 4.79 Å². The first-order valence-corrected chi connectivity index (χ1v) is 4.68. The highest BCUT2D eigenvalue weighted by Gasteiger charge is 2.40. The number of hydrogen-bond acceptors (Lipinski definition) is 4. The van der Waals surface area contributed by atoms with Crippen LogP contribution >= 0.6 is 11.8 Å². The van der Waals surface area contributed by atoms with Gasteiger partial charge in [-0.15, -0.1) is 11.8 Å². The van der Waals surface area contributed by atoms with Crippen molar-refractivity contribution in [2.75, 3.05) is 19.3 Å². The Labute approximate surface area is 69.7 Å². The Kier molecular flexibility index (Phi) is 2.75. The third kappa shape index (κ3) is 1.50. The van der Waals surface area contributed by atoms with Crippen LogP contribution in [0.1, 0.15) is 6.42 Å². The first-order chi connectivity index (χ1) is 5.25. The fourth-order valence-electron chi connectivity index (χ4n) is 1.23. The van der Waals surface area contributed by atoms with Gasteiger partial charge >= 0.3 is 0 Å². The number of amides is 1. The monoisotopic (exact) mass is 176 g/mol. The van der Waals surface area contributed by atoms with Crippen molar-refractivity contribution < 1.29 is 10.0 Å². The van der Waals surface area contributed by atoms with Crippen LogP contribution < -0.4 is 10.8 Å². The van der Waals surface area contributed by atoms with E-state index in [9.17, 15) is 4.79 Å². The minimum absolute atomic E-state index is 0.296. The van der Waals surface area contributed by atoms with Crippen molar-refractivity contribution in [1.82, 2.24) is 10.8 Å². The molecule has 11 heavy (non-hydrogen) atoms. The number of hydroxylamine groups is 1. The van der Waals surface area contributed by atoms with Gasteiger partial charge in [0.15, 0.2) is 0 Å². The van der Waals surface area contributed by atoms with Crippen LogP contribution in [0.25, 0.3) is 0 Å². The molecule has 1 fully saturated rings. The summed E-state index contributed by atoms with van der Waals surface area (Å²) in [5, 5.41) is 11.5.